The zero-order valence-electron chi connectivity index (χ0n) is 14.3. The van der Waals surface area contributed by atoms with Gasteiger partial charge in [-0.1, -0.05) is 17.7 Å². The molecular weight excluding hydrogens is 328 g/mol. The Morgan fingerprint density at radius 1 is 1.38 bits per heavy atom. The summed E-state index contributed by atoms with van der Waals surface area (Å²) >= 11 is 6.09. The van der Waals surface area contributed by atoms with E-state index in [-0.39, 0.29) is 12.6 Å². The van der Waals surface area contributed by atoms with Crippen LogP contribution in [-0.4, -0.2) is 47.8 Å². The molecule has 0 radical (unpaired) electrons. The molecule has 1 amide bonds. The zero-order valence-corrected chi connectivity index (χ0v) is 15.0. The Balaban J connectivity index is 1.84. The summed E-state index contributed by atoms with van der Waals surface area (Å²) in [5.74, 6) is 0.419. The first kappa shape index (κ1) is 18.3. The summed E-state index contributed by atoms with van der Waals surface area (Å²) in [7, 11) is 4.01. The van der Waals surface area contributed by atoms with Gasteiger partial charge >= 0.3 is 0 Å². The molecule has 2 rings (SSSR count). The fourth-order valence-corrected chi connectivity index (χ4v) is 2.27. The number of ether oxygens (including phenoxy) is 1. The third kappa shape index (κ3) is 5.54. The van der Waals surface area contributed by atoms with Crippen LogP contribution in [0.25, 0.3) is 0 Å². The molecule has 0 atom stereocenters. The standard InChI is InChI=1S/C17H23ClN4O2/c1-13-5-6-14(18)16(11-13)24-12-22-10-7-15(20-22)17(23)19-8-4-9-21(2)3/h5-7,10-11H,4,8-9,12H2,1-3H3,(H,19,23). The normalized spacial score (nSPS) is 10.9. The molecule has 0 saturated carbocycles. The van der Waals surface area contributed by atoms with Crippen LogP contribution >= 0.6 is 11.6 Å². The van der Waals surface area contributed by atoms with Crippen LogP contribution in [0.15, 0.2) is 30.5 Å². The smallest absolute Gasteiger partial charge is 0.271 e. The van der Waals surface area contributed by atoms with Crippen molar-refractivity contribution in [2.45, 2.75) is 20.1 Å². The molecular formula is C17H23ClN4O2. The van der Waals surface area contributed by atoms with Crippen molar-refractivity contribution in [1.82, 2.24) is 20.0 Å². The van der Waals surface area contributed by atoms with Crippen molar-refractivity contribution in [2.75, 3.05) is 27.2 Å². The van der Waals surface area contributed by atoms with Crippen LogP contribution < -0.4 is 10.1 Å². The average molecular weight is 351 g/mol. The Hall–Kier alpha value is -2.05. The molecule has 0 spiro atoms. The van der Waals surface area contributed by atoms with Crippen LogP contribution in [-0.2, 0) is 6.73 Å². The second-order valence-corrected chi connectivity index (χ2v) is 6.27. The summed E-state index contributed by atoms with van der Waals surface area (Å²) in [6.45, 7) is 3.71. The molecule has 1 aromatic heterocycles. The highest BCUT2D eigenvalue weighted by atomic mass is 35.5. The molecule has 0 aliphatic rings. The Kier molecular flexibility index (Phi) is 6.63. The van der Waals surface area contributed by atoms with Gasteiger partial charge in [0, 0.05) is 12.7 Å². The molecule has 2 aromatic rings. The lowest BCUT2D eigenvalue weighted by Gasteiger charge is -2.09. The Bertz CT molecular complexity index is 685. The molecule has 1 aromatic carbocycles. The average Bonchev–Trinajstić information content (AvgIpc) is 3.01. The number of carbonyl (C=O) groups excluding carboxylic acids is 1. The number of aryl methyl sites for hydroxylation is 1. The van der Waals surface area contributed by atoms with Crippen molar-refractivity contribution in [1.29, 1.82) is 0 Å². The third-order valence-electron chi connectivity index (χ3n) is 3.38. The third-order valence-corrected chi connectivity index (χ3v) is 3.69. The monoisotopic (exact) mass is 350 g/mol. The van der Waals surface area contributed by atoms with Crippen LogP contribution in [0, 0.1) is 6.92 Å². The first-order valence-corrected chi connectivity index (χ1v) is 8.19. The van der Waals surface area contributed by atoms with Crippen molar-refractivity contribution in [3.63, 3.8) is 0 Å². The molecule has 0 aliphatic carbocycles. The minimum absolute atomic E-state index is 0.180. The van der Waals surface area contributed by atoms with Crippen LogP contribution in [0.2, 0.25) is 5.02 Å². The number of nitrogens with one attached hydrogen (secondary N) is 1. The van der Waals surface area contributed by atoms with Gasteiger partial charge in [0.25, 0.3) is 5.91 Å². The first-order valence-electron chi connectivity index (χ1n) is 7.81. The quantitative estimate of drug-likeness (QED) is 0.743. The van der Waals surface area contributed by atoms with E-state index in [9.17, 15) is 4.79 Å². The lowest BCUT2D eigenvalue weighted by molar-refractivity contribution is 0.0945. The molecule has 24 heavy (non-hydrogen) atoms. The van der Waals surface area contributed by atoms with Gasteiger partial charge in [-0.2, -0.15) is 5.10 Å². The number of halogens is 1. The van der Waals surface area contributed by atoms with Gasteiger partial charge < -0.3 is 15.0 Å². The zero-order chi connectivity index (χ0) is 17.5. The molecule has 0 aliphatic heterocycles. The van der Waals surface area contributed by atoms with E-state index in [4.69, 9.17) is 16.3 Å². The highest BCUT2D eigenvalue weighted by Gasteiger charge is 2.09. The van der Waals surface area contributed by atoms with Crippen LogP contribution in [0.5, 0.6) is 5.75 Å². The Morgan fingerprint density at radius 2 is 2.17 bits per heavy atom. The van der Waals surface area contributed by atoms with Crippen molar-refractivity contribution in [3.05, 3.63) is 46.7 Å². The number of amides is 1. The minimum Gasteiger partial charge on any atom is -0.470 e. The van der Waals surface area contributed by atoms with Gasteiger partial charge in [0.05, 0.1) is 5.02 Å². The molecule has 0 saturated heterocycles. The maximum absolute atomic E-state index is 12.0. The SMILES string of the molecule is Cc1ccc(Cl)c(OCn2ccc(C(=O)NCCCN(C)C)n2)c1. The predicted molar refractivity (Wildman–Crippen MR) is 94.5 cm³/mol. The van der Waals surface area contributed by atoms with E-state index >= 15 is 0 Å². The lowest BCUT2D eigenvalue weighted by atomic mass is 10.2. The molecule has 1 N–H and O–H groups in total. The van der Waals surface area contributed by atoms with Crippen LogP contribution in [0.3, 0.4) is 0 Å². The summed E-state index contributed by atoms with van der Waals surface area (Å²) < 4.78 is 7.22. The number of aromatic nitrogens is 2. The molecule has 0 fully saturated rings. The summed E-state index contributed by atoms with van der Waals surface area (Å²) in [5.41, 5.74) is 1.44. The number of nitrogens with zero attached hydrogens (tertiary/aromatic N) is 3. The highest BCUT2D eigenvalue weighted by Crippen LogP contribution is 2.25. The van der Waals surface area contributed by atoms with Crippen molar-refractivity contribution >= 4 is 17.5 Å². The topological polar surface area (TPSA) is 59.4 Å². The summed E-state index contributed by atoms with van der Waals surface area (Å²) in [4.78, 5) is 14.1. The van der Waals surface area contributed by atoms with E-state index in [1.165, 1.54) is 0 Å². The van der Waals surface area contributed by atoms with E-state index in [0.29, 0.717) is 23.0 Å². The highest BCUT2D eigenvalue weighted by molar-refractivity contribution is 6.32. The summed E-state index contributed by atoms with van der Waals surface area (Å²) in [6.07, 6.45) is 2.60. The maximum Gasteiger partial charge on any atom is 0.271 e. The van der Waals surface area contributed by atoms with E-state index in [1.807, 2.05) is 33.2 Å². The second-order valence-electron chi connectivity index (χ2n) is 5.86. The number of rotatable bonds is 8. The van der Waals surface area contributed by atoms with Gasteiger partial charge in [-0.15, -0.1) is 0 Å². The fraction of sp³-hybridized carbons (Fsp3) is 0.412. The molecule has 6 nitrogen and oxygen atoms in total. The van der Waals surface area contributed by atoms with Crippen LogP contribution in [0.4, 0.5) is 0 Å². The van der Waals surface area contributed by atoms with E-state index in [2.05, 4.69) is 15.3 Å². The van der Waals surface area contributed by atoms with Crippen molar-refractivity contribution in [2.24, 2.45) is 0 Å². The van der Waals surface area contributed by atoms with Crippen LogP contribution in [0.1, 0.15) is 22.5 Å². The van der Waals surface area contributed by atoms with Gasteiger partial charge in [0.15, 0.2) is 6.73 Å². The predicted octanol–water partition coefficient (Wildman–Crippen LogP) is 2.56. The molecule has 0 bridgehead atoms. The largest absolute Gasteiger partial charge is 0.470 e. The van der Waals surface area contributed by atoms with E-state index < -0.39 is 0 Å². The number of hydrogen-bond donors (Lipinski definition) is 1. The molecule has 0 unspecified atom stereocenters. The second kappa shape index (κ2) is 8.70. The lowest BCUT2D eigenvalue weighted by Crippen LogP contribution is -2.27. The Labute approximate surface area is 147 Å². The van der Waals surface area contributed by atoms with Gasteiger partial charge in [-0.3, -0.25) is 4.79 Å². The van der Waals surface area contributed by atoms with Crippen molar-refractivity contribution < 1.29 is 9.53 Å². The first-order chi connectivity index (χ1) is 11.5. The van der Waals surface area contributed by atoms with E-state index in [0.717, 1.165) is 18.5 Å². The summed E-state index contributed by atoms with van der Waals surface area (Å²) in [6, 6.07) is 7.25. The molecule has 7 heteroatoms. The number of carbonyl (C=O) groups is 1. The number of hydrogen-bond acceptors (Lipinski definition) is 4. The minimum atomic E-state index is -0.180. The Morgan fingerprint density at radius 3 is 2.92 bits per heavy atom. The van der Waals surface area contributed by atoms with Gasteiger partial charge in [0.1, 0.15) is 11.4 Å². The van der Waals surface area contributed by atoms with Gasteiger partial charge in [0.2, 0.25) is 0 Å². The fourth-order valence-electron chi connectivity index (χ4n) is 2.10. The number of benzene rings is 1. The maximum atomic E-state index is 12.0. The van der Waals surface area contributed by atoms with Crippen molar-refractivity contribution in [3.8, 4) is 5.75 Å². The van der Waals surface area contributed by atoms with E-state index in [1.54, 1.807) is 23.0 Å². The van der Waals surface area contributed by atoms with Gasteiger partial charge in [-0.25, -0.2) is 4.68 Å². The van der Waals surface area contributed by atoms with Gasteiger partial charge in [-0.05, 0) is 57.7 Å². The molecule has 1 heterocycles. The summed E-state index contributed by atoms with van der Waals surface area (Å²) in [5, 5.41) is 7.62. The molecule has 130 valence electrons.